The fourth-order valence-corrected chi connectivity index (χ4v) is 11.5. The van der Waals surface area contributed by atoms with E-state index in [0.29, 0.717) is 41.4 Å². The Labute approximate surface area is 452 Å². The maximum atomic E-state index is 14.3. The molecular formula is C57H58F3N7O8S2. The smallest absolute Gasteiger partial charge is 0.417 e. The zero-order valence-electron chi connectivity index (χ0n) is 43.4. The van der Waals surface area contributed by atoms with Crippen molar-refractivity contribution in [2.75, 3.05) is 29.6 Å². The molecule has 0 bridgehead atoms. The summed E-state index contributed by atoms with van der Waals surface area (Å²) < 4.78 is 59.6. The molecule has 6 aromatic rings. The molecule has 3 fully saturated rings. The number of anilines is 2. The van der Waals surface area contributed by atoms with Gasteiger partial charge in [0.1, 0.15) is 34.7 Å². The van der Waals surface area contributed by atoms with Crippen LogP contribution < -0.4 is 29.9 Å². The van der Waals surface area contributed by atoms with Crippen molar-refractivity contribution in [2.45, 2.75) is 104 Å². The van der Waals surface area contributed by atoms with Gasteiger partial charge >= 0.3 is 6.18 Å². The number of amides is 4. The molecule has 2 aliphatic heterocycles. The number of alkyl halides is 3. The first-order valence-electron chi connectivity index (χ1n) is 25.2. The number of aryl methyl sites for hydroxylation is 1. The Morgan fingerprint density at radius 1 is 0.922 bits per heavy atom. The molecular weight excluding hydrogens is 1030 g/mol. The summed E-state index contributed by atoms with van der Waals surface area (Å²) in [6, 6.07) is 24.0. The van der Waals surface area contributed by atoms with Gasteiger partial charge in [0.15, 0.2) is 10.9 Å². The Morgan fingerprint density at radius 3 is 2.19 bits per heavy atom. The number of ether oxygens (including phenoxy) is 2. The molecule has 3 N–H and O–H groups in total. The van der Waals surface area contributed by atoms with E-state index in [9.17, 15) is 42.7 Å². The fraction of sp³-hybridized carbons (Fsp3) is 0.386. The first-order valence-corrected chi connectivity index (χ1v) is 26.5. The Hall–Kier alpha value is -7.34. The van der Waals surface area contributed by atoms with E-state index in [1.165, 1.54) is 11.0 Å². The van der Waals surface area contributed by atoms with E-state index in [0.717, 1.165) is 51.6 Å². The van der Waals surface area contributed by atoms with Crippen LogP contribution in [0.3, 0.4) is 0 Å². The number of β-amino-alcohol motifs (C(OH)–C–C–N with tert-alkyl or cyclic N) is 1. The zero-order valence-corrected chi connectivity index (χ0v) is 45.1. The van der Waals surface area contributed by atoms with Crippen molar-refractivity contribution in [1.29, 1.82) is 5.26 Å². The highest BCUT2D eigenvalue weighted by Crippen LogP contribution is 2.41. The first kappa shape index (κ1) is 54.4. The predicted octanol–water partition coefficient (Wildman–Crippen LogP) is 10.1. The summed E-state index contributed by atoms with van der Waals surface area (Å²) in [6.07, 6.45) is -3.95. The molecule has 2 saturated heterocycles. The van der Waals surface area contributed by atoms with Crippen molar-refractivity contribution in [1.82, 2.24) is 20.5 Å². The molecule has 77 heavy (non-hydrogen) atoms. The van der Waals surface area contributed by atoms with Crippen LogP contribution in [0, 0.1) is 35.5 Å². The zero-order chi connectivity index (χ0) is 55.3. The summed E-state index contributed by atoms with van der Waals surface area (Å²) in [6.45, 7) is 13.4. The van der Waals surface area contributed by atoms with Crippen LogP contribution in [0.4, 0.5) is 24.5 Å². The third-order valence-electron chi connectivity index (χ3n) is 14.5. The van der Waals surface area contributed by atoms with Crippen molar-refractivity contribution in [3.8, 4) is 28.0 Å². The second-order valence-electron chi connectivity index (χ2n) is 21.6. The number of hydrogen-bond acceptors (Lipinski definition) is 12. The van der Waals surface area contributed by atoms with Crippen LogP contribution in [0.2, 0.25) is 0 Å². The van der Waals surface area contributed by atoms with Gasteiger partial charge in [-0.3, -0.25) is 24.1 Å². The average molecular weight is 1090 g/mol. The van der Waals surface area contributed by atoms with Gasteiger partial charge in [-0.1, -0.05) is 45.0 Å². The van der Waals surface area contributed by atoms with E-state index >= 15 is 0 Å². The van der Waals surface area contributed by atoms with Crippen molar-refractivity contribution in [3.63, 3.8) is 0 Å². The normalized spacial score (nSPS) is 20.2. The number of furan rings is 1. The van der Waals surface area contributed by atoms with Gasteiger partial charge < -0.3 is 39.4 Å². The van der Waals surface area contributed by atoms with Crippen LogP contribution in [0.15, 0.2) is 101 Å². The molecule has 9 rings (SSSR count). The minimum atomic E-state index is -4.81. The Morgan fingerprint density at radius 2 is 1.57 bits per heavy atom. The van der Waals surface area contributed by atoms with Crippen LogP contribution >= 0.6 is 23.6 Å². The van der Waals surface area contributed by atoms with Crippen LogP contribution in [0.1, 0.15) is 99.8 Å². The van der Waals surface area contributed by atoms with E-state index in [2.05, 4.69) is 15.6 Å². The molecule has 15 nitrogen and oxygen atoms in total. The summed E-state index contributed by atoms with van der Waals surface area (Å²) in [5, 5.41) is 26.5. The largest absolute Gasteiger partial charge is 0.493 e. The molecule has 1 unspecified atom stereocenters. The number of aliphatic hydroxyl groups is 1. The van der Waals surface area contributed by atoms with Crippen LogP contribution in [-0.4, -0.2) is 87.2 Å². The lowest BCUT2D eigenvalue weighted by Crippen LogP contribution is -2.57. The highest BCUT2D eigenvalue weighted by Gasteiger charge is 2.51. The number of thiocarbonyl (C=S) groups is 1. The van der Waals surface area contributed by atoms with E-state index in [1.54, 1.807) is 90.2 Å². The SMILES string of the molecule is Cc1ncsc1-c1ccc([C@H](C)NC(=O)C2C[C@@H](O)CN2C(=O)[C@@H](NC(=O)c2cc3ccc(OC[C@H]4C[C@@H](COc5ccc(N6C(=S)N(c7ccc(C#N)c(C(F)(F)F)c7)C(=O)C6(C)C)cc5)C4)cc3o2)C(C)(C)C)cc1. The van der Waals surface area contributed by atoms with Crippen molar-refractivity contribution in [3.05, 3.63) is 125 Å². The number of aromatic nitrogens is 1. The summed E-state index contributed by atoms with van der Waals surface area (Å²) in [5.74, 6) is -0.332. The highest BCUT2D eigenvalue weighted by atomic mass is 32.1. The number of nitrogens with zero attached hydrogens (tertiary/aromatic N) is 5. The molecule has 0 spiro atoms. The monoisotopic (exact) mass is 1090 g/mol. The second-order valence-corrected chi connectivity index (χ2v) is 22.8. The number of fused-ring (bicyclic) bond motifs is 1. The van der Waals surface area contributed by atoms with Gasteiger partial charge in [-0.15, -0.1) is 11.3 Å². The van der Waals surface area contributed by atoms with Gasteiger partial charge in [-0.05, 0) is 142 Å². The molecule has 402 valence electrons. The number of hydrogen-bond donors (Lipinski definition) is 3. The number of likely N-dealkylation sites (tertiary alicyclic amines) is 1. The molecule has 4 heterocycles. The van der Waals surface area contributed by atoms with Gasteiger partial charge in [0, 0.05) is 30.1 Å². The summed E-state index contributed by atoms with van der Waals surface area (Å²) in [7, 11) is 0. The summed E-state index contributed by atoms with van der Waals surface area (Å²) in [5.41, 5.74) is 1.80. The molecule has 3 aliphatic rings. The molecule has 20 heteroatoms. The number of nitrogens with one attached hydrogen (secondary N) is 2. The molecule has 0 radical (unpaired) electrons. The van der Waals surface area contributed by atoms with Crippen molar-refractivity contribution in [2.24, 2.45) is 17.3 Å². The molecule has 4 aromatic carbocycles. The number of halogens is 3. The van der Waals surface area contributed by atoms with Crippen molar-refractivity contribution < 1.29 is 51.3 Å². The predicted molar refractivity (Wildman–Crippen MR) is 288 cm³/mol. The molecule has 4 atom stereocenters. The number of carbonyl (C=O) groups excluding carboxylic acids is 4. The summed E-state index contributed by atoms with van der Waals surface area (Å²) in [4.78, 5) is 65.0. The maximum Gasteiger partial charge on any atom is 0.417 e. The molecule has 4 amide bonds. The van der Waals surface area contributed by atoms with Crippen LogP contribution in [0.5, 0.6) is 11.5 Å². The number of rotatable bonds is 15. The third-order valence-corrected chi connectivity index (χ3v) is 15.8. The van der Waals surface area contributed by atoms with Gasteiger partial charge in [0.2, 0.25) is 11.8 Å². The van der Waals surface area contributed by atoms with Gasteiger partial charge in [0.05, 0.1) is 64.3 Å². The maximum absolute atomic E-state index is 14.3. The Kier molecular flexibility index (Phi) is 15.0. The van der Waals surface area contributed by atoms with Gasteiger partial charge in [-0.25, -0.2) is 4.98 Å². The lowest BCUT2D eigenvalue weighted by Gasteiger charge is -2.35. The lowest BCUT2D eigenvalue weighted by molar-refractivity contribution is -0.142. The number of nitriles is 1. The second kappa shape index (κ2) is 21.2. The fourth-order valence-electron chi connectivity index (χ4n) is 10.2. The number of aliphatic hydroxyl groups excluding tert-OH is 1. The van der Waals surface area contributed by atoms with E-state index in [1.807, 2.05) is 58.9 Å². The summed E-state index contributed by atoms with van der Waals surface area (Å²) >= 11 is 7.22. The van der Waals surface area contributed by atoms with Crippen LogP contribution in [-0.2, 0) is 20.6 Å². The number of carbonyl (C=O) groups is 4. The van der Waals surface area contributed by atoms with E-state index < -0.39 is 70.1 Å². The minimum absolute atomic E-state index is 0.00252. The average Bonchev–Trinajstić information content (AvgIpc) is 4.19. The Balaban J connectivity index is 0.752. The van der Waals surface area contributed by atoms with Gasteiger partial charge in [-0.2, -0.15) is 18.4 Å². The number of benzene rings is 4. The molecule has 1 saturated carbocycles. The third kappa shape index (κ3) is 11.3. The van der Waals surface area contributed by atoms with E-state index in [-0.39, 0.29) is 47.4 Å². The molecule has 1 aliphatic carbocycles. The van der Waals surface area contributed by atoms with E-state index in [4.69, 9.17) is 26.1 Å². The minimum Gasteiger partial charge on any atom is -0.493 e. The quantitative estimate of drug-likeness (QED) is 0.0827. The molecule has 2 aromatic heterocycles. The topological polar surface area (TPSA) is 191 Å². The first-order chi connectivity index (χ1) is 36.4. The lowest BCUT2D eigenvalue weighted by atomic mass is 9.76. The van der Waals surface area contributed by atoms with Crippen LogP contribution in [0.25, 0.3) is 21.4 Å². The van der Waals surface area contributed by atoms with Gasteiger partial charge in [0.25, 0.3) is 11.8 Å². The Bertz CT molecular complexity index is 3290. The standard InChI is InChI=1S/C57H58F3N7O8S2/c1-31(35-8-10-36(11-9-35)48-32(2)62-30-77-48)63-50(69)45-24-41(68)27-65(45)52(71)49(55(3,4)5)64-51(70)47-22-37-13-17-43(25-46(37)75-47)74-29-34-20-33(21-34)28-73-42-18-15-39(16-19-42)67-54(76)66(53(72)56(67,6)7)40-14-12-38(26-61)44(23-40)57(58,59)60/h8-19,22-23,25,30-31,33-34,41,45,49,68H,20-21,24,27-29H2,1-7H3,(H,63,69)(H,64,70)/t31-,33-,34+,41+,45?,49+/m0/s1. The van der Waals surface area contributed by atoms with Crippen molar-refractivity contribution >= 4 is 74.6 Å². The number of thiazole rings is 1. The highest BCUT2D eigenvalue weighted by molar-refractivity contribution is 7.81.